The molecule has 0 saturated carbocycles. The Morgan fingerprint density at radius 2 is 1.68 bits per heavy atom. The van der Waals surface area contributed by atoms with Crippen LogP contribution in [0.15, 0.2) is 78.9 Å². The lowest BCUT2D eigenvalue weighted by molar-refractivity contribution is -0.120. The summed E-state index contributed by atoms with van der Waals surface area (Å²) in [5.41, 5.74) is 3.92. The third-order valence-corrected chi connectivity index (χ3v) is 5.21. The van der Waals surface area contributed by atoms with Crippen LogP contribution >= 0.6 is 0 Å². The maximum absolute atomic E-state index is 12.3. The molecule has 3 aromatic rings. The molecule has 1 N–H and O–H groups in total. The van der Waals surface area contributed by atoms with E-state index in [2.05, 4.69) is 17.4 Å². The summed E-state index contributed by atoms with van der Waals surface area (Å²) >= 11 is 0. The molecule has 3 aromatic carbocycles. The largest absolute Gasteiger partial charge is 0.497 e. The van der Waals surface area contributed by atoms with Gasteiger partial charge in [-0.05, 0) is 41.0 Å². The Morgan fingerprint density at radius 1 is 1.00 bits per heavy atom. The van der Waals surface area contributed by atoms with E-state index in [9.17, 15) is 9.59 Å². The zero-order chi connectivity index (χ0) is 21.6. The van der Waals surface area contributed by atoms with Crippen LogP contribution in [0.5, 0.6) is 5.75 Å². The predicted octanol–water partition coefficient (Wildman–Crippen LogP) is 4.05. The van der Waals surface area contributed by atoms with Gasteiger partial charge in [-0.3, -0.25) is 9.69 Å². The Morgan fingerprint density at radius 3 is 2.35 bits per heavy atom. The second-order valence-corrected chi connectivity index (χ2v) is 7.36. The lowest BCUT2D eigenvalue weighted by atomic mass is 10.0. The Labute approximate surface area is 181 Å². The molecular formula is C25H24N2O4. The lowest BCUT2D eigenvalue weighted by Crippen LogP contribution is -2.35. The van der Waals surface area contributed by atoms with Crippen LogP contribution in [0.1, 0.15) is 5.56 Å². The van der Waals surface area contributed by atoms with Crippen LogP contribution in [-0.4, -0.2) is 38.3 Å². The van der Waals surface area contributed by atoms with Crippen LogP contribution in [0, 0.1) is 0 Å². The highest BCUT2D eigenvalue weighted by molar-refractivity contribution is 5.90. The smallest absolute Gasteiger partial charge is 0.414 e. The molecule has 1 aliphatic rings. The highest BCUT2D eigenvalue weighted by Gasteiger charge is 2.32. The summed E-state index contributed by atoms with van der Waals surface area (Å²) in [6.45, 7) is 0.663. The van der Waals surface area contributed by atoms with E-state index in [1.165, 1.54) is 0 Å². The maximum atomic E-state index is 12.3. The van der Waals surface area contributed by atoms with Gasteiger partial charge < -0.3 is 14.8 Å². The SMILES string of the molecule is COc1ccc(N2CC(CNC(=O)Cc3ccc(-c4ccccc4)cc3)OC2=O)cc1. The minimum Gasteiger partial charge on any atom is -0.497 e. The van der Waals surface area contributed by atoms with Gasteiger partial charge in [0.15, 0.2) is 0 Å². The van der Waals surface area contributed by atoms with E-state index in [1.54, 1.807) is 36.3 Å². The molecule has 1 atom stereocenters. The summed E-state index contributed by atoms with van der Waals surface area (Å²) in [6, 6.07) is 25.3. The molecular weight excluding hydrogens is 392 g/mol. The third kappa shape index (κ3) is 5.04. The van der Waals surface area contributed by atoms with E-state index in [-0.39, 0.29) is 25.0 Å². The molecule has 0 spiro atoms. The third-order valence-electron chi connectivity index (χ3n) is 5.21. The van der Waals surface area contributed by atoms with Gasteiger partial charge in [0.25, 0.3) is 0 Å². The van der Waals surface area contributed by atoms with E-state index < -0.39 is 6.09 Å². The molecule has 31 heavy (non-hydrogen) atoms. The Hall–Kier alpha value is -3.80. The topological polar surface area (TPSA) is 67.9 Å². The monoisotopic (exact) mass is 416 g/mol. The van der Waals surface area contributed by atoms with Gasteiger partial charge in [-0.25, -0.2) is 4.79 Å². The first kappa shape index (κ1) is 20.5. The Balaban J connectivity index is 1.27. The number of benzene rings is 3. The molecule has 0 bridgehead atoms. The van der Waals surface area contributed by atoms with Crippen molar-refractivity contribution >= 4 is 17.7 Å². The van der Waals surface area contributed by atoms with E-state index in [1.807, 2.05) is 42.5 Å². The summed E-state index contributed by atoms with van der Waals surface area (Å²) < 4.78 is 10.5. The van der Waals surface area contributed by atoms with E-state index in [0.29, 0.717) is 6.54 Å². The molecule has 0 aliphatic carbocycles. The van der Waals surface area contributed by atoms with Crippen LogP contribution in [0.3, 0.4) is 0 Å². The first-order valence-corrected chi connectivity index (χ1v) is 10.2. The fraction of sp³-hybridized carbons (Fsp3) is 0.200. The van der Waals surface area contributed by atoms with Gasteiger partial charge in [0.2, 0.25) is 5.91 Å². The molecule has 1 unspecified atom stereocenters. The summed E-state index contributed by atoms with van der Waals surface area (Å²) in [6.07, 6.45) is -0.530. The molecule has 1 heterocycles. The van der Waals surface area contributed by atoms with Crippen LogP contribution in [-0.2, 0) is 16.0 Å². The van der Waals surface area contributed by atoms with Gasteiger partial charge in [0.1, 0.15) is 11.9 Å². The standard InChI is InChI=1S/C25H24N2O4/c1-30-22-13-11-21(12-14-22)27-17-23(31-25(27)29)16-26-24(28)15-18-7-9-20(10-8-18)19-5-3-2-4-6-19/h2-14,23H,15-17H2,1H3,(H,26,28). The van der Waals surface area contributed by atoms with Crippen molar-refractivity contribution in [2.24, 2.45) is 0 Å². The second kappa shape index (κ2) is 9.34. The van der Waals surface area contributed by atoms with Crippen LogP contribution < -0.4 is 15.0 Å². The molecule has 6 nitrogen and oxygen atoms in total. The van der Waals surface area contributed by atoms with Crippen molar-refractivity contribution in [2.45, 2.75) is 12.5 Å². The molecule has 1 fully saturated rings. The number of anilines is 1. The van der Waals surface area contributed by atoms with E-state index in [0.717, 1.165) is 28.1 Å². The van der Waals surface area contributed by atoms with Crippen molar-refractivity contribution in [2.75, 3.05) is 25.1 Å². The average molecular weight is 416 g/mol. The molecule has 1 saturated heterocycles. The quantitative estimate of drug-likeness (QED) is 0.631. The summed E-state index contributed by atoms with van der Waals surface area (Å²) in [5.74, 6) is 0.614. The van der Waals surface area contributed by atoms with Gasteiger partial charge in [-0.15, -0.1) is 0 Å². The fourth-order valence-corrected chi connectivity index (χ4v) is 3.52. The van der Waals surface area contributed by atoms with Gasteiger partial charge >= 0.3 is 6.09 Å². The highest BCUT2D eigenvalue weighted by atomic mass is 16.6. The van der Waals surface area contributed by atoms with Crippen molar-refractivity contribution in [3.05, 3.63) is 84.4 Å². The number of carbonyl (C=O) groups excluding carboxylic acids is 2. The van der Waals surface area contributed by atoms with Gasteiger partial charge in [-0.2, -0.15) is 0 Å². The van der Waals surface area contributed by atoms with Crippen LogP contribution in [0.4, 0.5) is 10.5 Å². The number of methoxy groups -OCH3 is 1. The number of cyclic esters (lactones) is 1. The molecule has 0 aromatic heterocycles. The van der Waals surface area contributed by atoms with Crippen molar-refractivity contribution in [3.8, 4) is 16.9 Å². The van der Waals surface area contributed by atoms with E-state index in [4.69, 9.17) is 9.47 Å². The molecule has 158 valence electrons. The molecule has 6 heteroatoms. The summed E-state index contributed by atoms with van der Waals surface area (Å²) in [5, 5.41) is 2.87. The molecule has 4 rings (SSSR count). The number of rotatable bonds is 7. The summed E-state index contributed by atoms with van der Waals surface area (Å²) in [4.78, 5) is 26.1. The minimum atomic E-state index is -0.416. The number of nitrogens with zero attached hydrogens (tertiary/aromatic N) is 1. The fourth-order valence-electron chi connectivity index (χ4n) is 3.52. The average Bonchev–Trinajstić information content (AvgIpc) is 3.19. The first-order valence-electron chi connectivity index (χ1n) is 10.2. The number of nitrogens with one attached hydrogen (secondary N) is 1. The summed E-state index contributed by atoms with van der Waals surface area (Å²) in [7, 11) is 1.59. The van der Waals surface area contributed by atoms with E-state index >= 15 is 0 Å². The second-order valence-electron chi connectivity index (χ2n) is 7.36. The van der Waals surface area contributed by atoms with Gasteiger partial charge in [0.05, 0.1) is 26.6 Å². The Kier molecular flexibility index (Phi) is 6.17. The number of ether oxygens (including phenoxy) is 2. The highest BCUT2D eigenvalue weighted by Crippen LogP contribution is 2.24. The number of hydrogen-bond acceptors (Lipinski definition) is 4. The molecule has 0 radical (unpaired) electrons. The molecule has 2 amide bonds. The van der Waals surface area contributed by atoms with Gasteiger partial charge in [0, 0.05) is 5.69 Å². The number of hydrogen-bond donors (Lipinski definition) is 1. The van der Waals surface area contributed by atoms with Crippen molar-refractivity contribution in [3.63, 3.8) is 0 Å². The molecule has 1 aliphatic heterocycles. The maximum Gasteiger partial charge on any atom is 0.414 e. The zero-order valence-electron chi connectivity index (χ0n) is 17.3. The minimum absolute atomic E-state index is 0.105. The number of amides is 2. The van der Waals surface area contributed by atoms with Crippen molar-refractivity contribution in [1.82, 2.24) is 5.32 Å². The lowest BCUT2D eigenvalue weighted by Gasteiger charge is -2.13. The van der Waals surface area contributed by atoms with Crippen molar-refractivity contribution < 1.29 is 19.1 Å². The predicted molar refractivity (Wildman–Crippen MR) is 119 cm³/mol. The number of carbonyl (C=O) groups is 2. The Bertz CT molecular complexity index is 1030. The van der Waals surface area contributed by atoms with Crippen LogP contribution in [0.25, 0.3) is 11.1 Å². The van der Waals surface area contributed by atoms with Crippen LogP contribution in [0.2, 0.25) is 0 Å². The zero-order valence-corrected chi connectivity index (χ0v) is 17.3. The first-order chi connectivity index (χ1) is 15.1. The van der Waals surface area contributed by atoms with Gasteiger partial charge in [-0.1, -0.05) is 54.6 Å². The normalized spacial score (nSPS) is 15.5. The van der Waals surface area contributed by atoms with Crippen molar-refractivity contribution in [1.29, 1.82) is 0 Å².